The lowest BCUT2D eigenvalue weighted by atomic mass is 10.0. The minimum Gasteiger partial charge on any atom is -0.465 e. The lowest BCUT2D eigenvalue weighted by Crippen LogP contribution is -2.10. The molecule has 1 unspecified atom stereocenters. The fraction of sp³-hybridized carbons (Fsp3) is 0.235. The van der Waals surface area contributed by atoms with Gasteiger partial charge in [-0.05, 0) is 19.1 Å². The van der Waals surface area contributed by atoms with Gasteiger partial charge in [-0.25, -0.2) is 9.59 Å². The minimum absolute atomic E-state index is 0.0860. The summed E-state index contributed by atoms with van der Waals surface area (Å²) in [6, 6.07) is 7.33. The van der Waals surface area contributed by atoms with E-state index in [-0.39, 0.29) is 28.1 Å². The maximum Gasteiger partial charge on any atom is 0.387 e. The molecule has 0 spiro atoms. The van der Waals surface area contributed by atoms with E-state index in [9.17, 15) is 18.4 Å². The summed E-state index contributed by atoms with van der Waals surface area (Å²) in [5, 5.41) is 0. The number of halogens is 2. The number of methoxy groups -OCH3 is 1. The van der Waals surface area contributed by atoms with Crippen LogP contribution in [0.4, 0.5) is 8.78 Å². The molecule has 0 amide bonds. The summed E-state index contributed by atoms with van der Waals surface area (Å²) in [7, 11) is 1.22. The maximum atomic E-state index is 12.6. The second-order valence-electron chi connectivity index (χ2n) is 5.25. The van der Waals surface area contributed by atoms with Crippen LogP contribution in [0.5, 0.6) is 5.75 Å². The Morgan fingerprint density at radius 3 is 2.72 bits per heavy atom. The Balaban J connectivity index is 2.09. The van der Waals surface area contributed by atoms with Gasteiger partial charge in [0.15, 0.2) is 6.10 Å². The molecule has 0 aliphatic carbocycles. The van der Waals surface area contributed by atoms with Gasteiger partial charge >= 0.3 is 18.6 Å². The molecule has 130 valence electrons. The largest absolute Gasteiger partial charge is 0.465 e. The standard InChI is InChI=1S/C17H13F2NO5/c1-8-10(15(21)23-2)7-11-13(20-8)14(25-16(11)22)9-5-3-4-6-12(9)24-17(18)19/h3-7,14,17H,1-2H3. The zero-order chi connectivity index (χ0) is 18.1. The molecule has 25 heavy (non-hydrogen) atoms. The lowest BCUT2D eigenvalue weighted by Gasteiger charge is -2.15. The monoisotopic (exact) mass is 349 g/mol. The fourth-order valence-corrected chi connectivity index (χ4v) is 2.64. The molecule has 3 rings (SSSR count). The van der Waals surface area contributed by atoms with E-state index in [2.05, 4.69) is 14.5 Å². The summed E-state index contributed by atoms with van der Waals surface area (Å²) < 4.78 is 39.6. The van der Waals surface area contributed by atoms with Crippen LogP contribution in [-0.4, -0.2) is 30.6 Å². The van der Waals surface area contributed by atoms with Crippen LogP contribution in [0.1, 0.15) is 43.8 Å². The first-order valence-corrected chi connectivity index (χ1v) is 7.27. The third-order valence-electron chi connectivity index (χ3n) is 3.76. The number of hydrogen-bond acceptors (Lipinski definition) is 6. The summed E-state index contributed by atoms with van der Waals surface area (Å²) in [5.74, 6) is -1.45. The number of fused-ring (bicyclic) bond motifs is 1. The van der Waals surface area contributed by atoms with Crippen LogP contribution in [0.15, 0.2) is 30.3 Å². The Labute approximate surface area is 141 Å². The first-order valence-electron chi connectivity index (χ1n) is 7.27. The van der Waals surface area contributed by atoms with Crippen molar-refractivity contribution < 1.29 is 32.6 Å². The van der Waals surface area contributed by atoms with Crippen molar-refractivity contribution in [2.45, 2.75) is 19.6 Å². The molecular formula is C17H13F2NO5. The van der Waals surface area contributed by atoms with Gasteiger partial charge in [0, 0.05) is 5.56 Å². The number of ether oxygens (including phenoxy) is 3. The van der Waals surface area contributed by atoms with Crippen molar-refractivity contribution in [3.63, 3.8) is 0 Å². The number of hydrogen-bond donors (Lipinski definition) is 0. The van der Waals surface area contributed by atoms with E-state index in [0.29, 0.717) is 5.69 Å². The average molecular weight is 349 g/mol. The highest BCUT2D eigenvalue weighted by Crippen LogP contribution is 2.39. The third-order valence-corrected chi connectivity index (χ3v) is 3.76. The number of nitrogens with zero attached hydrogens (tertiary/aromatic N) is 1. The number of benzene rings is 1. The van der Waals surface area contributed by atoms with Gasteiger partial charge < -0.3 is 14.2 Å². The molecule has 1 aromatic carbocycles. The molecular weight excluding hydrogens is 336 g/mol. The Morgan fingerprint density at radius 2 is 2.04 bits per heavy atom. The smallest absolute Gasteiger partial charge is 0.387 e. The summed E-state index contributed by atoms with van der Waals surface area (Å²) in [6.07, 6.45) is -0.997. The van der Waals surface area contributed by atoms with Crippen LogP contribution < -0.4 is 4.74 Å². The molecule has 6 nitrogen and oxygen atoms in total. The van der Waals surface area contributed by atoms with Crippen LogP contribution >= 0.6 is 0 Å². The van der Waals surface area contributed by atoms with Crippen LogP contribution in [0, 0.1) is 6.92 Å². The van der Waals surface area contributed by atoms with Crippen molar-refractivity contribution in [3.05, 3.63) is 58.4 Å². The number of rotatable bonds is 4. The summed E-state index contributed by atoms with van der Waals surface area (Å²) in [6.45, 7) is -1.44. The Kier molecular flexibility index (Phi) is 4.35. The lowest BCUT2D eigenvalue weighted by molar-refractivity contribution is -0.0513. The number of alkyl halides is 2. The number of carbonyl (C=O) groups excluding carboxylic acids is 2. The molecule has 0 fully saturated rings. The van der Waals surface area contributed by atoms with Crippen LogP contribution in [-0.2, 0) is 9.47 Å². The zero-order valence-electron chi connectivity index (χ0n) is 13.3. The summed E-state index contributed by atoms with van der Waals surface area (Å²) in [4.78, 5) is 28.2. The first kappa shape index (κ1) is 16.8. The molecule has 1 aliphatic rings. The predicted octanol–water partition coefficient (Wildman–Crippen LogP) is 3.04. The van der Waals surface area contributed by atoms with Gasteiger partial charge in [-0.2, -0.15) is 8.78 Å². The van der Waals surface area contributed by atoms with E-state index in [0.717, 1.165) is 0 Å². The molecule has 8 heteroatoms. The quantitative estimate of drug-likeness (QED) is 0.790. The van der Waals surface area contributed by atoms with E-state index in [1.165, 1.54) is 31.4 Å². The van der Waals surface area contributed by atoms with Crippen molar-refractivity contribution >= 4 is 11.9 Å². The Morgan fingerprint density at radius 1 is 1.32 bits per heavy atom. The second kappa shape index (κ2) is 6.46. The van der Waals surface area contributed by atoms with Gasteiger partial charge in [-0.1, -0.05) is 18.2 Å². The Hall–Kier alpha value is -3.03. The molecule has 0 N–H and O–H groups in total. The van der Waals surface area contributed by atoms with Crippen molar-refractivity contribution in [2.75, 3.05) is 7.11 Å². The molecule has 1 aromatic heterocycles. The van der Waals surface area contributed by atoms with Crippen molar-refractivity contribution in [1.82, 2.24) is 4.98 Å². The van der Waals surface area contributed by atoms with Gasteiger partial charge in [0.1, 0.15) is 11.4 Å². The molecule has 1 aliphatic heterocycles. The van der Waals surface area contributed by atoms with Gasteiger partial charge in [-0.15, -0.1) is 0 Å². The predicted molar refractivity (Wildman–Crippen MR) is 80.6 cm³/mol. The number of carbonyl (C=O) groups is 2. The first-order chi connectivity index (χ1) is 11.9. The van der Waals surface area contributed by atoms with Crippen LogP contribution in [0.2, 0.25) is 0 Å². The summed E-state index contributed by atoms with van der Waals surface area (Å²) >= 11 is 0. The van der Waals surface area contributed by atoms with Gasteiger partial charge in [0.25, 0.3) is 0 Å². The third kappa shape index (κ3) is 3.02. The minimum atomic E-state index is -3.02. The maximum absolute atomic E-state index is 12.6. The second-order valence-corrected chi connectivity index (χ2v) is 5.25. The van der Waals surface area contributed by atoms with E-state index < -0.39 is 24.7 Å². The van der Waals surface area contributed by atoms with Crippen molar-refractivity contribution in [2.24, 2.45) is 0 Å². The van der Waals surface area contributed by atoms with E-state index in [1.54, 1.807) is 13.0 Å². The van der Waals surface area contributed by atoms with Crippen LogP contribution in [0.25, 0.3) is 0 Å². The molecule has 0 saturated heterocycles. The van der Waals surface area contributed by atoms with E-state index in [1.807, 2.05) is 0 Å². The molecule has 1 atom stereocenters. The molecule has 0 radical (unpaired) electrons. The number of pyridine rings is 1. The number of aryl methyl sites for hydroxylation is 1. The van der Waals surface area contributed by atoms with Crippen molar-refractivity contribution in [3.8, 4) is 5.75 Å². The van der Waals surface area contributed by atoms with Crippen LogP contribution in [0.3, 0.4) is 0 Å². The fourth-order valence-electron chi connectivity index (χ4n) is 2.64. The highest BCUT2D eigenvalue weighted by atomic mass is 19.3. The summed E-state index contributed by atoms with van der Waals surface area (Å²) in [5.41, 5.74) is 1.04. The van der Waals surface area contributed by atoms with Crippen molar-refractivity contribution in [1.29, 1.82) is 0 Å². The number of para-hydroxylation sites is 1. The van der Waals surface area contributed by atoms with E-state index >= 15 is 0 Å². The molecule has 0 bridgehead atoms. The van der Waals surface area contributed by atoms with Gasteiger partial charge in [0.2, 0.25) is 0 Å². The average Bonchev–Trinajstić information content (AvgIpc) is 2.89. The number of aromatic nitrogens is 1. The molecule has 2 aromatic rings. The van der Waals surface area contributed by atoms with Gasteiger partial charge in [-0.3, -0.25) is 4.98 Å². The SMILES string of the molecule is COC(=O)c1cc2c(nc1C)C(c1ccccc1OC(F)F)OC2=O. The number of cyclic esters (lactones) is 1. The highest BCUT2D eigenvalue weighted by molar-refractivity contribution is 5.98. The van der Waals surface area contributed by atoms with Gasteiger partial charge in [0.05, 0.1) is 23.9 Å². The number of esters is 2. The highest BCUT2D eigenvalue weighted by Gasteiger charge is 2.37. The molecule has 2 heterocycles. The zero-order valence-corrected chi connectivity index (χ0v) is 13.3. The van der Waals surface area contributed by atoms with E-state index in [4.69, 9.17) is 4.74 Å². The topological polar surface area (TPSA) is 74.7 Å². The Bertz CT molecular complexity index is 853. The normalized spacial score (nSPS) is 15.7. The molecule has 0 saturated carbocycles.